The predicted octanol–water partition coefficient (Wildman–Crippen LogP) is 3.23. The molecule has 0 spiro atoms. The van der Waals surface area contributed by atoms with Crippen molar-refractivity contribution in [2.45, 2.75) is 31.7 Å². The molecule has 0 radical (unpaired) electrons. The van der Waals surface area contributed by atoms with Crippen molar-refractivity contribution in [1.82, 2.24) is 0 Å². The van der Waals surface area contributed by atoms with Gasteiger partial charge in [0.1, 0.15) is 5.82 Å². The van der Waals surface area contributed by atoms with Crippen LogP contribution in [0.5, 0.6) is 0 Å². The van der Waals surface area contributed by atoms with E-state index in [1.807, 2.05) is 6.92 Å². The molecule has 0 aliphatic heterocycles. The standard InChI is InChI=1S/C11H13BrFN/c1-7-9(11(14)3-2-4-11)5-8(13)6-10(7)12/h5-6H,2-4,14H2,1H3. The van der Waals surface area contributed by atoms with Gasteiger partial charge in [-0.05, 0) is 49.4 Å². The first-order valence-corrected chi connectivity index (χ1v) is 5.57. The Morgan fingerprint density at radius 3 is 2.57 bits per heavy atom. The molecule has 76 valence electrons. The summed E-state index contributed by atoms with van der Waals surface area (Å²) in [5.41, 5.74) is 7.91. The number of hydrogen-bond acceptors (Lipinski definition) is 1. The molecule has 2 N–H and O–H groups in total. The second-order valence-corrected chi connectivity index (χ2v) is 4.92. The summed E-state index contributed by atoms with van der Waals surface area (Å²) >= 11 is 3.35. The van der Waals surface area contributed by atoms with Crippen molar-refractivity contribution >= 4 is 15.9 Å². The van der Waals surface area contributed by atoms with Crippen molar-refractivity contribution in [3.8, 4) is 0 Å². The van der Waals surface area contributed by atoms with Crippen molar-refractivity contribution in [3.63, 3.8) is 0 Å². The van der Waals surface area contributed by atoms with Crippen LogP contribution < -0.4 is 5.73 Å². The average molecular weight is 258 g/mol. The van der Waals surface area contributed by atoms with Gasteiger partial charge in [-0.3, -0.25) is 0 Å². The Balaban J connectivity index is 2.51. The van der Waals surface area contributed by atoms with Gasteiger partial charge >= 0.3 is 0 Å². The maximum absolute atomic E-state index is 13.2. The summed E-state index contributed by atoms with van der Waals surface area (Å²) in [6.07, 6.45) is 3.07. The molecule has 0 aromatic heterocycles. The second-order valence-electron chi connectivity index (χ2n) is 4.07. The molecular formula is C11H13BrFN. The van der Waals surface area contributed by atoms with Gasteiger partial charge in [-0.15, -0.1) is 0 Å². The Kier molecular flexibility index (Phi) is 2.40. The molecule has 1 saturated carbocycles. The number of rotatable bonds is 1. The normalized spacial score (nSPS) is 19.1. The highest BCUT2D eigenvalue weighted by Gasteiger charge is 2.36. The van der Waals surface area contributed by atoms with Crippen LogP contribution in [0, 0.1) is 12.7 Å². The highest BCUT2D eigenvalue weighted by Crippen LogP contribution is 2.41. The van der Waals surface area contributed by atoms with Crippen LogP contribution in [0.3, 0.4) is 0 Å². The molecule has 1 aromatic rings. The average Bonchev–Trinajstić information content (AvgIpc) is 2.07. The Morgan fingerprint density at radius 2 is 2.07 bits per heavy atom. The topological polar surface area (TPSA) is 26.0 Å². The van der Waals surface area contributed by atoms with Crippen LogP contribution in [0.1, 0.15) is 30.4 Å². The summed E-state index contributed by atoms with van der Waals surface area (Å²) in [6.45, 7) is 1.98. The fourth-order valence-electron chi connectivity index (χ4n) is 1.99. The molecule has 0 amide bonds. The fraction of sp³-hybridized carbons (Fsp3) is 0.455. The van der Waals surface area contributed by atoms with Gasteiger partial charge in [0.25, 0.3) is 0 Å². The zero-order valence-electron chi connectivity index (χ0n) is 8.11. The molecule has 2 rings (SSSR count). The largest absolute Gasteiger partial charge is 0.321 e. The van der Waals surface area contributed by atoms with E-state index in [4.69, 9.17) is 5.73 Å². The second kappa shape index (κ2) is 3.31. The molecule has 3 heteroatoms. The Morgan fingerprint density at radius 1 is 1.43 bits per heavy atom. The van der Waals surface area contributed by atoms with Gasteiger partial charge in [0, 0.05) is 10.0 Å². The molecular weight excluding hydrogens is 245 g/mol. The fourth-order valence-corrected chi connectivity index (χ4v) is 2.42. The number of hydrogen-bond donors (Lipinski definition) is 1. The lowest BCUT2D eigenvalue weighted by Gasteiger charge is -2.39. The number of benzene rings is 1. The van der Waals surface area contributed by atoms with Crippen molar-refractivity contribution in [2.24, 2.45) is 5.73 Å². The first kappa shape index (κ1) is 10.1. The molecule has 1 fully saturated rings. The minimum atomic E-state index is -0.283. The first-order chi connectivity index (χ1) is 6.53. The molecule has 0 heterocycles. The SMILES string of the molecule is Cc1c(Br)cc(F)cc1C1(N)CCC1. The van der Waals surface area contributed by atoms with Crippen LogP contribution in [-0.4, -0.2) is 0 Å². The quantitative estimate of drug-likeness (QED) is 0.822. The molecule has 1 aliphatic rings. The lowest BCUT2D eigenvalue weighted by molar-refractivity contribution is 0.251. The maximum Gasteiger partial charge on any atom is 0.124 e. The van der Waals surface area contributed by atoms with E-state index in [9.17, 15) is 4.39 Å². The molecule has 1 aromatic carbocycles. The van der Waals surface area contributed by atoms with Gasteiger partial charge in [0.2, 0.25) is 0 Å². The third-order valence-electron chi connectivity index (χ3n) is 3.09. The van der Waals surface area contributed by atoms with Crippen LogP contribution in [0.15, 0.2) is 16.6 Å². The molecule has 14 heavy (non-hydrogen) atoms. The van der Waals surface area contributed by atoms with E-state index in [0.29, 0.717) is 0 Å². The smallest absolute Gasteiger partial charge is 0.124 e. The van der Waals surface area contributed by atoms with Crippen LogP contribution in [0.4, 0.5) is 4.39 Å². The van der Waals surface area contributed by atoms with Gasteiger partial charge in [-0.25, -0.2) is 4.39 Å². The Labute approximate surface area is 91.6 Å². The third kappa shape index (κ3) is 1.48. The lowest BCUT2D eigenvalue weighted by atomic mass is 9.71. The van der Waals surface area contributed by atoms with E-state index in [1.54, 1.807) is 6.07 Å². The number of halogens is 2. The van der Waals surface area contributed by atoms with Gasteiger partial charge in [-0.1, -0.05) is 15.9 Å². The molecule has 0 unspecified atom stereocenters. The predicted molar refractivity (Wildman–Crippen MR) is 58.6 cm³/mol. The van der Waals surface area contributed by atoms with Crippen molar-refractivity contribution < 1.29 is 4.39 Å². The zero-order valence-corrected chi connectivity index (χ0v) is 9.70. The van der Waals surface area contributed by atoms with Gasteiger partial charge in [0.15, 0.2) is 0 Å². The minimum absolute atomic E-state index is 0.214. The van der Waals surface area contributed by atoms with E-state index < -0.39 is 0 Å². The molecule has 1 aliphatic carbocycles. The summed E-state index contributed by atoms with van der Waals surface area (Å²) in [7, 11) is 0. The van der Waals surface area contributed by atoms with E-state index in [2.05, 4.69) is 15.9 Å². The van der Waals surface area contributed by atoms with Crippen LogP contribution in [0.25, 0.3) is 0 Å². The molecule has 1 nitrogen and oxygen atoms in total. The van der Waals surface area contributed by atoms with Crippen LogP contribution in [-0.2, 0) is 5.54 Å². The Bertz CT molecular complexity index is 372. The highest BCUT2D eigenvalue weighted by molar-refractivity contribution is 9.10. The van der Waals surface area contributed by atoms with Gasteiger partial charge in [-0.2, -0.15) is 0 Å². The van der Waals surface area contributed by atoms with Crippen molar-refractivity contribution in [1.29, 1.82) is 0 Å². The molecule has 0 saturated heterocycles. The van der Waals surface area contributed by atoms with Crippen molar-refractivity contribution in [2.75, 3.05) is 0 Å². The Hall–Kier alpha value is -0.410. The van der Waals surface area contributed by atoms with Gasteiger partial charge < -0.3 is 5.73 Å². The summed E-state index contributed by atoms with van der Waals surface area (Å²) < 4.78 is 14.0. The lowest BCUT2D eigenvalue weighted by Crippen LogP contribution is -2.44. The molecule has 0 atom stereocenters. The summed E-state index contributed by atoms with van der Waals surface area (Å²) in [4.78, 5) is 0. The van der Waals surface area contributed by atoms with Gasteiger partial charge in [0.05, 0.1) is 0 Å². The van der Waals surface area contributed by atoms with Crippen molar-refractivity contribution in [3.05, 3.63) is 33.5 Å². The van der Waals surface area contributed by atoms with E-state index in [1.165, 1.54) is 6.07 Å². The maximum atomic E-state index is 13.2. The highest BCUT2D eigenvalue weighted by atomic mass is 79.9. The number of nitrogens with two attached hydrogens (primary N) is 1. The molecule has 0 bridgehead atoms. The van der Waals surface area contributed by atoms with E-state index >= 15 is 0 Å². The third-order valence-corrected chi connectivity index (χ3v) is 3.91. The summed E-state index contributed by atoms with van der Waals surface area (Å²) in [6, 6.07) is 3.06. The summed E-state index contributed by atoms with van der Waals surface area (Å²) in [5, 5.41) is 0. The monoisotopic (exact) mass is 257 g/mol. The first-order valence-electron chi connectivity index (χ1n) is 4.78. The summed E-state index contributed by atoms with van der Waals surface area (Å²) in [5.74, 6) is -0.214. The van der Waals surface area contributed by atoms with E-state index in [-0.39, 0.29) is 11.4 Å². The van der Waals surface area contributed by atoms with E-state index in [0.717, 1.165) is 34.9 Å². The van der Waals surface area contributed by atoms with Crippen LogP contribution >= 0.6 is 15.9 Å². The minimum Gasteiger partial charge on any atom is -0.321 e. The van der Waals surface area contributed by atoms with Crippen LogP contribution in [0.2, 0.25) is 0 Å². The zero-order chi connectivity index (χ0) is 10.3.